The van der Waals surface area contributed by atoms with Gasteiger partial charge in [0.25, 0.3) is 0 Å². The summed E-state index contributed by atoms with van der Waals surface area (Å²) >= 11 is 5.92. The highest BCUT2D eigenvalue weighted by molar-refractivity contribution is 6.30. The van der Waals surface area contributed by atoms with Gasteiger partial charge in [-0.25, -0.2) is 9.18 Å². The van der Waals surface area contributed by atoms with Gasteiger partial charge in [-0.15, -0.1) is 0 Å². The lowest BCUT2D eigenvalue weighted by molar-refractivity contribution is -0.138. The van der Waals surface area contributed by atoms with Crippen molar-refractivity contribution in [2.24, 2.45) is 5.92 Å². The minimum absolute atomic E-state index is 0.0199. The maximum Gasteiger partial charge on any atom is 0.343 e. The van der Waals surface area contributed by atoms with Crippen LogP contribution in [-0.2, 0) is 16.0 Å². The van der Waals surface area contributed by atoms with Gasteiger partial charge < -0.3 is 24.6 Å². The monoisotopic (exact) mass is 507 g/mol. The van der Waals surface area contributed by atoms with Crippen LogP contribution in [0.5, 0.6) is 11.5 Å². The number of carbonyl (C=O) groups is 2. The van der Waals surface area contributed by atoms with Gasteiger partial charge in [0.1, 0.15) is 22.9 Å². The van der Waals surface area contributed by atoms with Crippen molar-refractivity contribution in [1.29, 1.82) is 0 Å². The molecule has 0 heterocycles. The summed E-state index contributed by atoms with van der Waals surface area (Å²) < 4.78 is 30.5. The number of carbonyl (C=O) groups excluding carboxylic acids is 2. The summed E-state index contributed by atoms with van der Waals surface area (Å²) in [4.78, 5) is 26.2. The van der Waals surface area contributed by atoms with Crippen LogP contribution in [0.4, 0.5) is 4.39 Å². The number of benzene rings is 2. The Balaban J connectivity index is 2.58. The van der Waals surface area contributed by atoms with Crippen molar-refractivity contribution in [1.82, 2.24) is 5.32 Å². The molecular weight excluding hydrogens is 477 g/mol. The molecule has 0 spiro atoms. The Bertz CT molecular complexity index is 1090. The predicted octanol–water partition coefficient (Wildman–Crippen LogP) is 4.32. The Kier molecular flexibility index (Phi) is 10.5. The van der Waals surface area contributed by atoms with E-state index in [4.69, 9.17) is 25.8 Å². The number of ketones is 1. The highest BCUT2D eigenvalue weighted by Crippen LogP contribution is 2.33. The van der Waals surface area contributed by atoms with Crippen LogP contribution in [-0.4, -0.2) is 50.3 Å². The fraction of sp³-hybridized carbons (Fsp3) is 0.385. The highest BCUT2D eigenvalue weighted by atomic mass is 35.5. The zero-order valence-electron chi connectivity index (χ0n) is 20.5. The van der Waals surface area contributed by atoms with Gasteiger partial charge in [0, 0.05) is 18.7 Å². The number of halogens is 2. The Hall–Kier alpha value is -3.10. The average Bonchev–Trinajstić information content (AvgIpc) is 2.83. The van der Waals surface area contributed by atoms with E-state index in [2.05, 4.69) is 5.32 Å². The van der Waals surface area contributed by atoms with Crippen molar-refractivity contribution in [2.75, 3.05) is 27.4 Å². The number of Topliss-reactive ketones (excluding diaryl/α,β-unsaturated/α-hetero) is 1. The minimum atomic E-state index is -0.828. The summed E-state index contributed by atoms with van der Waals surface area (Å²) in [7, 11) is 2.83. The molecule has 7 nitrogen and oxygen atoms in total. The number of nitrogens with one attached hydrogen (secondary N) is 1. The molecule has 2 rings (SSSR count). The van der Waals surface area contributed by atoms with Crippen molar-refractivity contribution in [3.05, 3.63) is 69.6 Å². The van der Waals surface area contributed by atoms with Crippen molar-refractivity contribution in [3.8, 4) is 11.5 Å². The summed E-state index contributed by atoms with van der Waals surface area (Å²) in [5.74, 6) is -1.49. The first-order valence-electron chi connectivity index (χ1n) is 11.1. The number of rotatable bonds is 12. The predicted molar refractivity (Wildman–Crippen MR) is 132 cm³/mol. The molecule has 1 atom stereocenters. The lowest BCUT2D eigenvalue weighted by Crippen LogP contribution is -2.34. The molecule has 0 aliphatic rings. The van der Waals surface area contributed by atoms with Crippen molar-refractivity contribution >= 4 is 23.4 Å². The van der Waals surface area contributed by atoms with Crippen molar-refractivity contribution < 1.29 is 33.3 Å². The molecular formula is C26H31ClFNO6. The van der Waals surface area contributed by atoms with E-state index in [-0.39, 0.29) is 53.5 Å². The second-order valence-electron chi connectivity index (χ2n) is 8.06. The quantitative estimate of drug-likeness (QED) is 0.145. The third kappa shape index (κ3) is 6.96. The van der Waals surface area contributed by atoms with E-state index in [1.165, 1.54) is 38.6 Å². The molecule has 2 aromatic carbocycles. The molecule has 0 unspecified atom stereocenters. The number of aliphatic hydroxyl groups excluding tert-OH is 1. The largest absolute Gasteiger partial charge is 0.496 e. The van der Waals surface area contributed by atoms with E-state index >= 15 is 0 Å². The smallest absolute Gasteiger partial charge is 0.343 e. The zero-order valence-corrected chi connectivity index (χ0v) is 21.2. The summed E-state index contributed by atoms with van der Waals surface area (Å²) in [5, 5.41) is 12.5. The Morgan fingerprint density at radius 1 is 1.14 bits per heavy atom. The first kappa shape index (κ1) is 28.1. The molecule has 35 heavy (non-hydrogen) atoms. The van der Waals surface area contributed by atoms with Crippen LogP contribution >= 0.6 is 11.6 Å². The van der Waals surface area contributed by atoms with Gasteiger partial charge in [-0.05, 0) is 36.1 Å². The fourth-order valence-electron chi connectivity index (χ4n) is 3.39. The van der Waals surface area contributed by atoms with E-state index in [1.807, 2.05) is 13.8 Å². The van der Waals surface area contributed by atoms with Gasteiger partial charge in [0.15, 0.2) is 0 Å². The summed E-state index contributed by atoms with van der Waals surface area (Å²) in [6, 6.07) is 7.28. The maximum absolute atomic E-state index is 14.6. The fourth-order valence-corrected chi connectivity index (χ4v) is 3.58. The molecule has 2 aromatic rings. The normalized spacial score (nSPS) is 12.3. The lowest BCUT2D eigenvalue weighted by atomic mass is 9.96. The van der Waals surface area contributed by atoms with Crippen molar-refractivity contribution in [2.45, 2.75) is 33.2 Å². The van der Waals surface area contributed by atoms with E-state index in [0.717, 1.165) is 0 Å². The van der Waals surface area contributed by atoms with Crippen LogP contribution in [0, 0.1) is 11.7 Å². The summed E-state index contributed by atoms with van der Waals surface area (Å²) in [5.41, 5.74) is 0.598. The molecule has 0 amide bonds. The third-order valence-electron chi connectivity index (χ3n) is 5.44. The number of ether oxygens (including phenoxy) is 3. The van der Waals surface area contributed by atoms with E-state index in [1.54, 1.807) is 19.1 Å². The SMILES string of the molecule is CCOC(=O)C(=CN[C@H](CO)C(C)C)C(=O)c1cc(Cc2cccc(Cl)c2F)c(OC)cc1OC. The van der Waals surface area contributed by atoms with Gasteiger partial charge in [-0.1, -0.05) is 37.6 Å². The Morgan fingerprint density at radius 2 is 1.83 bits per heavy atom. The number of methoxy groups -OCH3 is 2. The van der Waals surface area contributed by atoms with Crippen LogP contribution in [0.25, 0.3) is 0 Å². The van der Waals surface area contributed by atoms with Gasteiger partial charge in [0.05, 0.1) is 44.1 Å². The molecule has 9 heteroatoms. The van der Waals surface area contributed by atoms with Crippen LogP contribution in [0.3, 0.4) is 0 Å². The molecule has 0 aliphatic heterocycles. The average molecular weight is 508 g/mol. The van der Waals surface area contributed by atoms with E-state index in [0.29, 0.717) is 16.9 Å². The molecule has 0 aromatic heterocycles. The van der Waals surface area contributed by atoms with Crippen LogP contribution in [0.2, 0.25) is 5.02 Å². The molecule has 2 N–H and O–H groups in total. The molecule has 190 valence electrons. The maximum atomic E-state index is 14.6. The molecule has 0 fully saturated rings. The molecule has 0 saturated carbocycles. The van der Waals surface area contributed by atoms with Gasteiger partial charge >= 0.3 is 5.97 Å². The number of esters is 1. The standard InChI is InChI=1S/C26H31ClFNO6/c1-6-35-26(32)19(13-29-21(14-30)15(2)3)25(31)18-11-17(22(33-4)12-23(18)34-5)10-16-8-7-9-20(27)24(16)28/h7-9,11-13,15,21,29-30H,6,10,14H2,1-5H3/t21-/m1/s1. The van der Waals surface area contributed by atoms with Crippen LogP contribution in [0.15, 0.2) is 42.1 Å². The number of hydrogen-bond acceptors (Lipinski definition) is 7. The molecule has 0 radical (unpaired) electrons. The zero-order chi connectivity index (χ0) is 26.1. The van der Waals surface area contributed by atoms with Crippen molar-refractivity contribution in [3.63, 3.8) is 0 Å². The van der Waals surface area contributed by atoms with Gasteiger partial charge in [-0.3, -0.25) is 4.79 Å². The summed E-state index contributed by atoms with van der Waals surface area (Å²) in [6.45, 7) is 5.28. The van der Waals surface area contributed by atoms with Crippen LogP contribution in [0.1, 0.15) is 42.3 Å². The number of hydrogen-bond donors (Lipinski definition) is 2. The Labute approximate surface area is 209 Å². The first-order chi connectivity index (χ1) is 16.7. The van der Waals surface area contributed by atoms with E-state index < -0.39 is 17.6 Å². The molecule has 0 bridgehead atoms. The van der Waals surface area contributed by atoms with Gasteiger partial charge in [0.2, 0.25) is 5.78 Å². The van der Waals surface area contributed by atoms with E-state index in [9.17, 15) is 19.1 Å². The second-order valence-corrected chi connectivity index (χ2v) is 8.47. The van der Waals surface area contributed by atoms with Crippen LogP contribution < -0.4 is 14.8 Å². The first-order valence-corrected chi connectivity index (χ1v) is 11.5. The summed E-state index contributed by atoms with van der Waals surface area (Å²) in [6.07, 6.45) is 1.33. The lowest BCUT2D eigenvalue weighted by Gasteiger charge is -2.20. The minimum Gasteiger partial charge on any atom is -0.496 e. The third-order valence-corrected chi connectivity index (χ3v) is 5.73. The second kappa shape index (κ2) is 13.1. The topological polar surface area (TPSA) is 94.1 Å². The highest BCUT2D eigenvalue weighted by Gasteiger charge is 2.27. The molecule has 0 saturated heterocycles. The molecule has 0 aliphatic carbocycles. The number of aliphatic hydroxyl groups is 1. The Morgan fingerprint density at radius 3 is 2.40 bits per heavy atom. The van der Waals surface area contributed by atoms with Gasteiger partial charge in [-0.2, -0.15) is 0 Å².